The van der Waals surface area contributed by atoms with Crippen LogP contribution in [-0.4, -0.2) is 42.9 Å². The number of piperidine rings is 1. The molecule has 3 aliphatic rings. The average Bonchev–Trinajstić information content (AvgIpc) is 2.91. The first-order chi connectivity index (χ1) is 6.38. The summed E-state index contributed by atoms with van der Waals surface area (Å²) in [6.45, 7) is 4.42. The summed E-state index contributed by atoms with van der Waals surface area (Å²) in [5, 5.41) is 3.50. The molecule has 0 radical (unpaired) electrons. The lowest BCUT2D eigenvalue weighted by Gasteiger charge is -2.38. The molecule has 2 aliphatic heterocycles. The minimum atomic E-state index is 0.0748. The van der Waals surface area contributed by atoms with E-state index in [-0.39, 0.29) is 5.72 Å². The Morgan fingerprint density at radius 2 is 2.00 bits per heavy atom. The topological polar surface area (TPSA) is 24.5 Å². The zero-order chi connectivity index (χ0) is 8.73. The molecular formula is C10H18N2O. The summed E-state index contributed by atoms with van der Waals surface area (Å²) in [5.41, 5.74) is 0.0748. The Morgan fingerprint density at radius 3 is 2.54 bits per heavy atom. The summed E-state index contributed by atoms with van der Waals surface area (Å²) in [6, 6.07) is 0.929. The van der Waals surface area contributed by atoms with Crippen LogP contribution in [0.25, 0.3) is 0 Å². The summed E-state index contributed by atoms with van der Waals surface area (Å²) >= 11 is 0. The second-order valence-electron chi connectivity index (χ2n) is 4.54. The molecule has 3 rings (SSSR count). The van der Waals surface area contributed by atoms with Gasteiger partial charge >= 0.3 is 0 Å². The van der Waals surface area contributed by atoms with Crippen molar-refractivity contribution in [3.05, 3.63) is 0 Å². The number of hydrogen-bond acceptors (Lipinski definition) is 3. The van der Waals surface area contributed by atoms with Crippen LogP contribution in [0.5, 0.6) is 0 Å². The fraction of sp³-hybridized carbons (Fsp3) is 1.00. The van der Waals surface area contributed by atoms with Crippen LogP contribution in [0, 0.1) is 0 Å². The van der Waals surface area contributed by atoms with E-state index in [4.69, 9.17) is 4.74 Å². The van der Waals surface area contributed by atoms with Gasteiger partial charge in [0.1, 0.15) is 5.72 Å². The maximum absolute atomic E-state index is 5.79. The van der Waals surface area contributed by atoms with Gasteiger partial charge in [0.2, 0.25) is 0 Å². The largest absolute Gasteiger partial charge is 0.359 e. The molecule has 74 valence electrons. The third-order valence-corrected chi connectivity index (χ3v) is 3.60. The van der Waals surface area contributed by atoms with Crippen molar-refractivity contribution in [3.63, 3.8) is 0 Å². The summed E-state index contributed by atoms with van der Waals surface area (Å²) in [4.78, 5) is 2.63. The molecule has 0 aromatic rings. The highest BCUT2D eigenvalue weighted by Crippen LogP contribution is 2.33. The van der Waals surface area contributed by atoms with E-state index < -0.39 is 0 Å². The van der Waals surface area contributed by atoms with Gasteiger partial charge in [-0.15, -0.1) is 0 Å². The highest BCUT2D eigenvalue weighted by molar-refractivity contribution is 4.93. The van der Waals surface area contributed by atoms with Crippen LogP contribution in [-0.2, 0) is 4.74 Å². The molecule has 13 heavy (non-hydrogen) atoms. The van der Waals surface area contributed by atoms with Gasteiger partial charge in [0.25, 0.3) is 0 Å². The molecule has 1 spiro atoms. The number of nitrogens with one attached hydrogen (secondary N) is 1. The molecule has 1 N–H and O–H groups in total. The normalized spacial score (nSPS) is 34.2. The summed E-state index contributed by atoms with van der Waals surface area (Å²) in [6.07, 6.45) is 5.23. The Kier molecular flexibility index (Phi) is 1.86. The molecule has 1 aliphatic carbocycles. The molecule has 3 nitrogen and oxygen atoms in total. The quantitative estimate of drug-likeness (QED) is 0.641. The first-order valence-electron chi connectivity index (χ1n) is 5.51. The summed E-state index contributed by atoms with van der Waals surface area (Å²) in [5.74, 6) is 0. The SMILES string of the molecule is C1COC2(CCN(C3CC3)CC2)N1. The van der Waals surface area contributed by atoms with Gasteiger partial charge in [-0.3, -0.25) is 5.32 Å². The number of rotatable bonds is 1. The predicted molar refractivity (Wildman–Crippen MR) is 50.5 cm³/mol. The number of likely N-dealkylation sites (tertiary alicyclic amines) is 1. The molecule has 0 aromatic heterocycles. The number of hydrogen-bond donors (Lipinski definition) is 1. The first kappa shape index (κ1) is 8.21. The van der Waals surface area contributed by atoms with Gasteiger partial charge in [-0.2, -0.15) is 0 Å². The van der Waals surface area contributed by atoms with E-state index in [9.17, 15) is 0 Å². The maximum Gasteiger partial charge on any atom is 0.121 e. The van der Waals surface area contributed by atoms with Crippen LogP contribution in [0.1, 0.15) is 25.7 Å². The second kappa shape index (κ2) is 2.94. The Balaban J connectivity index is 1.59. The van der Waals surface area contributed by atoms with Gasteiger partial charge in [0.15, 0.2) is 0 Å². The monoisotopic (exact) mass is 182 g/mol. The minimum Gasteiger partial charge on any atom is -0.359 e. The van der Waals surface area contributed by atoms with E-state index in [0.29, 0.717) is 0 Å². The highest BCUT2D eigenvalue weighted by atomic mass is 16.5. The fourth-order valence-corrected chi connectivity index (χ4v) is 2.59. The Bertz CT molecular complexity index is 187. The van der Waals surface area contributed by atoms with E-state index >= 15 is 0 Å². The van der Waals surface area contributed by atoms with E-state index in [0.717, 1.165) is 19.2 Å². The molecule has 0 atom stereocenters. The van der Waals surface area contributed by atoms with Crippen LogP contribution in [0.4, 0.5) is 0 Å². The van der Waals surface area contributed by atoms with E-state index in [2.05, 4.69) is 10.2 Å². The molecule has 0 amide bonds. The molecule has 0 unspecified atom stereocenters. The van der Waals surface area contributed by atoms with Crippen molar-refractivity contribution in [2.45, 2.75) is 37.5 Å². The van der Waals surface area contributed by atoms with Gasteiger partial charge in [-0.05, 0) is 12.8 Å². The smallest absolute Gasteiger partial charge is 0.121 e. The highest BCUT2D eigenvalue weighted by Gasteiger charge is 2.41. The van der Waals surface area contributed by atoms with Crippen molar-refractivity contribution in [1.29, 1.82) is 0 Å². The van der Waals surface area contributed by atoms with Gasteiger partial charge < -0.3 is 9.64 Å². The first-order valence-corrected chi connectivity index (χ1v) is 5.51. The molecule has 0 aromatic carbocycles. The molecule has 3 heteroatoms. The number of ether oxygens (including phenoxy) is 1. The van der Waals surface area contributed by atoms with Crippen LogP contribution < -0.4 is 5.32 Å². The molecule has 0 bridgehead atoms. The second-order valence-corrected chi connectivity index (χ2v) is 4.54. The van der Waals surface area contributed by atoms with Gasteiger partial charge in [0, 0.05) is 38.5 Å². The minimum absolute atomic E-state index is 0.0748. The van der Waals surface area contributed by atoms with Gasteiger partial charge in [-0.25, -0.2) is 0 Å². The molecule has 3 fully saturated rings. The van der Waals surface area contributed by atoms with Crippen molar-refractivity contribution in [3.8, 4) is 0 Å². The summed E-state index contributed by atoms with van der Waals surface area (Å²) in [7, 11) is 0. The molecular weight excluding hydrogens is 164 g/mol. The van der Waals surface area contributed by atoms with Crippen LogP contribution >= 0.6 is 0 Å². The fourth-order valence-electron chi connectivity index (χ4n) is 2.59. The zero-order valence-corrected chi connectivity index (χ0v) is 8.09. The van der Waals surface area contributed by atoms with Crippen molar-refractivity contribution >= 4 is 0 Å². The van der Waals surface area contributed by atoms with E-state index in [1.54, 1.807) is 0 Å². The van der Waals surface area contributed by atoms with Gasteiger partial charge in [-0.1, -0.05) is 0 Å². The van der Waals surface area contributed by atoms with Crippen molar-refractivity contribution in [2.24, 2.45) is 0 Å². The maximum atomic E-state index is 5.79. The molecule has 2 saturated heterocycles. The lowest BCUT2D eigenvalue weighted by Crippen LogP contribution is -2.51. The molecule has 1 saturated carbocycles. The van der Waals surface area contributed by atoms with Crippen molar-refractivity contribution < 1.29 is 4.74 Å². The summed E-state index contributed by atoms with van der Waals surface area (Å²) < 4.78 is 5.79. The van der Waals surface area contributed by atoms with Crippen LogP contribution in [0.15, 0.2) is 0 Å². The lowest BCUT2D eigenvalue weighted by molar-refractivity contribution is -0.0576. The van der Waals surface area contributed by atoms with Crippen molar-refractivity contribution in [1.82, 2.24) is 10.2 Å². The Labute approximate surface area is 79.4 Å². The third-order valence-electron chi connectivity index (χ3n) is 3.60. The standard InChI is InChI=1S/C10H18N2O/c1-2-9(1)12-6-3-10(4-7-12)11-5-8-13-10/h9,11H,1-8H2. The Hall–Kier alpha value is -0.120. The van der Waals surface area contributed by atoms with Crippen molar-refractivity contribution in [2.75, 3.05) is 26.2 Å². The van der Waals surface area contributed by atoms with Gasteiger partial charge in [0.05, 0.1) is 6.61 Å². The Morgan fingerprint density at radius 1 is 1.23 bits per heavy atom. The van der Waals surface area contributed by atoms with E-state index in [1.165, 1.54) is 38.8 Å². The average molecular weight is 182 g/mol. The number of nitrogens with zero attached hydrogens (tertiary/aromatic N) is 1. The molecule has 2 heterocycles. The lowest BCUT2D eigenvalue weighted by atomic mass is 10.0. The predicted octanol–water partition coefficient (Wildman–Crippen LogP) is 0.561. The van der Waals surface area contributed by atoms with Crippen LogP contribution in [0.3, 0.4) is 0 Å². The third kappa shape index (κ3) is 1.49. The van der Waals surface area contributed by atoms with Crippen LogP contribution in [0.2, 0.25) is 0 Å². The zero-order valence-electron chi connectivity index (χ0n) is 8.09. The van der Waals surface area contributed by atoms with E-state index in [1.807, 2.05) is 0 Å².